The molecule has 0 unspecified atom stereocenters. The van der Waals surface area contributed by atoms with Gasteiger partial charge in [0, 0.05) is 26.4 Å². The highest BCUT2D eigenvalue weighted by atomic mass is 32.2. The molecule has 1 aromatic heterocycles. The Labute approximate surface area is 199 Å². The van der Waals surface area contributed by atoms with Gasteiger partial charge in [0.2, 0.25) is 5.95 Å². The van der Waals surface area contributed by atoms with Crippen LogP contribution in [0.15, 0.2) is 59.6 Å². The minimum Gasteiger partial charge on any atom is -0.465 e. The van der Waals surface area contributed by atoms with Gasteiger partial charge in [-0.05, 0) is 23.3 Å². The van der Waals surface area contributed by atoms with E-state index in [1.54, 1.807) is 19.0 Å². The first-order valence-electron chi connectivity index (χ1n) is 10.1. The van der Waals surface area contributed by atoms with Crippen LogP contribution >= 0.6 is 11.8 Å². The van der Waals surface area contributed by atoms with E-state index < -0.39 is 12.3 Å². The molecule has 0 radical (unpaired) electrons. The number of aromatic nitrogens is 2. The number of hydrogen-bond donors (Lipinski definition) is 1. The fourth-order valence-corrected chi connectivity index (χ4v) is 3.83. The Hall–Kier alpha value is -3.47. The Kier molecular flexibility index (Phi) is 8.21. The van der Waals surface area contributed by atoms with E-state index in [1.807, 2.05) is 30.3 Å². The summed E-state index contributed by atoms with van der Waals surface area (Å²) >= 11 is 1.38. The third-order valence-electron chi connectivity index (χ3n) is 4.49. The van der Waals surface area contributed by atoms with Gasteiger partial charge in [-0.25, -0.2) is 9.78 Å². The molecule has 11 heteroatoms. The lowest BCUT2D eigenvalue weighted by Gasteiger charge is -2.18. The standard InChI is InChI=1S/C23H23F3N4O3S/c1-30(2)22-28-19(27-13-15-9-11-17(12-10-15)33-23(24,25)26)18(21(31)32-3)20(29-22)34-14-16-7-5-4-6-8-16/h4-12H,13-14H2,1-3H3,(H,27,28,29). The van der Waals surface area contributed by atoms with Crippen LogP contribution in [0.5, 0.6) is 5.75 Å². The third-order valence-corrected chi connectivity index (χ3v) is 5.54. The van der Waals surface area contributed by atoms with Gasteiger partial charge in [-0.1, -0.05) is 42.5 Å². The van der Waals surface area contributed by atoms with Crippen molar-refractivity contribution in [1.29, 1.82) is 0 Å². The second-order valence-corrected chi connectivity index (χ2v) is 8.22. The van der Waals surface area contributed by atoms with Gasteiger partial charge in [0.05, 0.1) is 7.11 Å². The van der Waals surface area contributed by atoms with Crippen molar-refractivity contribution in [2.45, 2.75) is 23.7 Å². The number of esters is 1. The topological polar surface area (TPSA) is 76.6 Å². The molecule has 0 atom stereocenters. The zero-order chi connectivity index (χ0) is 24.7. The van der Waals surface area contributed by atoms with Gasteiger partial charge >= 0.3 is 12.3 Å². The van der Waals surface area contributed by atoms with Crippen molar-refractivity contribution >= 4 is 29.5 Å². The average Bonchev–Trinajstić information content (AvgIpc) is 2.81. The van der Waals surface area contributed by atoms with Gasteiger partial charge in [-0.3, -0.25) is 0 Å². The number of carbonyl (C=O) groups is 1. The molecular weight excluding hydrogens is 469 g/mol. The lowest BCUT2D eigenvalue weighted by molar-refractivity contribution is -0.274. The van der Waals surface area contributed by atoms with Crippen LogP contribution in [0.25, 0.3) is 0 Å². The summed E-state index contributed by atoms with van der Waals surface area (Å²) in [5, 5.41) is 3.54. The number of benzene rings is 2. The van der Waals surface area contributed by atoms with Crippen LogP contribution in [0.2, 0.25) is 0 Å². The SMILES string of the molecule is COC(=O)c1c(NCc2ccc(OC(F)(F)F)cc2)nc(N(C)C)nc1SCc1ccccc1. The molecule has 0 bridgehead atoms. The number of methoxy groups -OCH3 is 1. The molecular formula is C23H23F3N4O3S. The number of nitrogens with one attached hydrogen (secondary N) is 1. The van der Waals surface area contributed by atoms with Crippen LogP contribution in [0.4, 0.5) is 24.9 Å². The van der Waals surface area contributed by atoms with Gasteiger partial charge in [0.15, 0.2) is 0 Å². The summed E-state index contributed by atoms with van der Waals surface area (Å²) in [5.74, 6) is 0.311. The second kappa shape index (κ2) is 11.1. The monoisotopic (exact) mass is 492 g/mol. The molecule has 0 saturated heterocycles. The second-order valence-electron chi connectivity index (χ2n) is 7.26. The van der Waals surface area contributed by atoms with E-state index in [0.717, 1.165) is 5.56 Å². The number of nitrogens with zero attached hydrogens (tertiary/aromatic N) is 3. The summed E-state index contributed by atoms with van der Waals surface area (Å²) in [5.41, 5.74) is 1.91. The lowest BCUT2D eigenvalue weighted by Crippen LogP contribution is -2.19. The van der Waals surface area contributed by atoms with Crippen LogP contribution in [-0.2, 0) is 17.0 Å². The molecule has 7 nitrogen and oxygen atoms in total. The van der Waals surface area contributed by atoms with Crippen molar-refractivity contribution < 1.29 is 27.4 Å². The van der Waals surface area contributed by atoms with Crippen molar-refractivity contribution in [1.82, 2.24) is 9.97 Å². The van der Waals surface area contributed by atoms with Crippen molar-refractivity contribution in [2.24, 2.45) is 0 Å². The molecule has 34 heavy (non-hydrogen) atoms. The Bertz CT molecular complexity index is 1110. The van der Waals surface area contributed by atoms with Crippen LogP contribution in [0.3, 0.4) is 0 Å². The van der Waals surface area contributed by atoms with Crippen LogP contribution in [0, 0.1) is 0 Å². The van der Waals surface area contributed by atoms with E-state index in [1.165, 1.54) is 43.1 Å². The van der Waals surface area contributed by atoms with E-state index in [9.17, 15) is 18.0 Å². The molecule has 180 valence electrons. The van der Waals surface area contributed by atoms with Crippen LogP contribution < -0.4 is 15.0 Å². The largest absolute Gasteiger partial charge is 0.573 e. The highest BCUT2D eigenvalue weighted by molar-refractivity contribution is 7.98. The van der Waals surface area contributed by atoms with Gasteiger partial charge < -0.3 is 19.7 Å². The number of anilines is 2. The summed E-state index contributed by atoms with van der Waals surface area (Å²) in [7, 11) is 4.83. The molecule has 3 aromatic rings. The maximum Gasteiger partial charge on any atom is 0.573 e. The molecule has 0 saturated carbocycles. The molecule has 0 fully saturated rings. The molecule has 0 aliphatic heterocycles. The number of hydrogen-bond acceptors (Lipinski definition) is 8. The summed E-state index contributed by atoms with van der Waals surface area (Å²) < 4.78 is 46.0. The normalized spacial score (nSPS) is 11.1. The summed E-state index contributed by atoms with van der Waals surface area (Å²) in [6.45, 7) is 0.197. The smallest absolute Gasteiger partial charge is 0.465 e. The highest BCUT2D eigenvalue weighted by Crippen LogP contribution is 2.31. The molecule has 3 rings (SSSR count). The Morgan fingerprint density at radius 2 is 1.71 bits per heavy atom. The predicted octanol–water partition coefficient (Wildman–Crippen LogP) is 5.13. The number of thioether (sulfide) groups is 1. The summed E-state index contributed by atoms with van der Waals surface area (Å²) in [6, 6.07) is 15.2. The minimum atomic E-state index is -4.76. The lowest BCUT2D eigenvalue weighted by atomic mass is 10.2. The van der Waals surface area contributed by atoms with Gasteiger partial charge in [-0.15, -0.1) is 24.9 Å². The highest BCUT2D eigenvalue weighted by Gasteiger charge is 2.31. The van der Waals surface area contributed by atoms with Gasteiger partial charge in [0.25, 0.3) is 0 Å². The van der Waals surface area contributed by atoms with E-state index in [4.69, 9.17) is 4.74 Å². The fraction of sp³-hybridized carbons (Fsp3) is 0.261. The number of alkyl halides is 3. The fourth-order valence-electron chi connectivity index (χ4n) is 2.87. The molecule has 2 aromatic carbocycles. The quantitative estimate of drug-likeness (QED) is 0.250. The van der Waals surface area contributed by atoms with E-state index in [2.05, 4.69) is 20.0 Å². The Morgan fingerprint density at radius 1 is 1.03 bits per heavy atom. The zero-order valence-electron chi connectivity index (χ0n) is 18.7. The summed E-state index contributed by atoms with van der Waals surface area (Å²) in [6.07, 6.45) is -4.76. The van der Waals surface area contributed by atoms with Crippen LogP contribution in [0.1, 0.15) is 21.5 Å². The number of carbonyl (C=O) groups excluding carboxylic acids is 1. The first-order valence-corrected chi connectivity index (χ1v) is 11.1. The van der Waals surface area contributed by atoms with Crippen molar-refractivity contribution in [2.75, 3.05) is 31.4 Å². The number of halogens is 3. The number of rotatable bonds is 9. The predicted molar refractivity (Wildman–Crippen MR) is 124 cm³/mol. The van der Waals surface area contributed by atoms with E-state index in [-0.39, 0.29) is 23.7 Å². The maximum atomic E-state index is 12.6. The van der Waals surface area contributed by atoms with Crippen molar-refractivity contribution in [3.05, 3.63) is 71.3 Å². The van der Waals surface area contributed by atoms with Gasteiger partial charge in [0.1, 0.15) is 22.2 Å². The minimum absolute atomic E-state index is 0.186. The molecule has 0 aliphatic carbocycles. The van der Waals surface area contributed by atoms with Crippen molar-refractivity contribution in [3.8, 4) is 5.75 Å². The summed E-state index contributed by atoms with van der Waals surface area (Å²) in [4.78, 5) is 23.3. The molecule has 0 spiro atoms. The first-order chi connectivity index (χ1) is 16.2. The zero-order valence-corrected chi connectivity index (χ0v) is 19.5. The number of ether oxygens (including phenoxy) is 2. The average molecular weight is 493 g/mol. The molecule has 0 aliphatic rings. The van der Waals surface area contributed by atoms with Crippen LogP contribution in [-0.4, -0.2) is 43.5 Å². The van der Waals surface area contributed by atoms with Gasteiger partial charge in [-0.2, -0.15) is 4.98 Å². The third kappa shape index (κ3) is 7.01. The van der Waals surface area contributed by atoms with Crippen molar-refractivity contribution in [3.63, 3.8) is 0 Å². The van der Waals surface area contributed by atoms with E-state index >= 15 is 0 Å². The van der Waals surface area contributed by atoms with E-state index in [0.29, 0.717) is 22.3 Å². The molecule has 1 heterocycles. The first kappa shape index (κ1) is 25.2. The molecule has 1 N–H and O–H groups in total. The maximum absolute atomic E-state index is 12.6. The molecule has 0 amide bonds. The Balaban J connectivity index is 1.87. The Morgan fingerprint density at radius 3 is 2.29 bits per heavy atom.